The first-order chi connectivity index (χ1) is 14.4. The summed E-state index contributed by atoms with van der Waals surface area (Å²) in [7, 11) is 0. The van der Waals surface area contributed by atoms with Gasteiger partial charge in [0.25, 0.3) is 0 Å². The average Bonchev–Trinajstić information content (AvgIpc) is 2.81. The van der Waals surface area contributed by atoms with Gasteiger partial charge in [-0.1, -0.05) is 121 Å². The van der Waals surface area contributed by atoms with Crippen molar-refractivity contribution in [2.24, 2.45) is 0 Å². The zero-order valence-corrected chi connectivity index (χ0v) is 17.6. The lowest BCUT2D eigenvalue weighted by molar-refractivity contribution is 0.0919. The molecule has 0 aliphatic rings. The number of thioether (sulfide) groups is 2. The van der Waals surface area contributed by atoms with E-state index in [0.29, 0.717) is 0 Å². The first-order valence-electron chi connectivity index (χ1n) is 9.57. The maximum Gasteiger partial charge on any atom is 0.134 e. The molecule has 0 aliphatic carbocycles. The van der Waals surface area contributed by atoms with Gasteiger partial charge in [0.05, 0.1) is 0 Å². The van der Waals surface area contributed by atoms with Crippen LogP contribution in [0.4, 0.5) is 0 Å². The zero-order valence-electron chi connectivity index (χ0n) is 15.9. The molecule has 4 rings (SSSR count). The van der Waals surface area contributed by atoms with Crippen LogP contribution >= 0.6 is 23.5 Å². The fraction of sp³-hybridized carbons (Fsp3) is 0.0769. The lowest BCUT2D eigenvalue weighted by Gasteiger charge is -2.25. The normalized spacial score (nSPS) is 13.0. The van der Waals surface area contributed by atoms with Crippen LogP contribution in [0.25, 0.3) is 0 Å². The molecule has 144 valence electrons. The molecule has 0 aromatic heterocycles. The number of benzene rings is 4. The van der Waals surface area contributed by atoms with E-state index < -0.39 is 0 Å². The summed E-state index contributed by atoms with van der Waals surface area (Å²) >= 11 is 3.48. The Morgan fingerprint density at radius 1 is 0.414 bits per heavy atom. The second kappa shape index (κ2) is 10.4. The highest BCUT2D eigenvalue weighted by Gasteiger charge is 2.22. The summed E-state index contributed by atoms with van der Waals surface area (Å²) in [6.07, 6.45) is 0. The molecule has 0 amide bonds. The van der Waals surface area contributed by atoms with Crippen LogP contribution in [-0.2, 0) is 4.74 Å². The third-order valence-electron chi connectivity index (χ3n) is 4.36. The quantitative estimate of drug-likeness (QED) is 0.214. The molecule has 1 nitrogen and oxygen atoms in total. The Bertz CT molecular complexity index is 893. The van der Waals surface area contributed by atoms with Crippen molar-refractivity contribution in [3.8, 4) is 0 Å². The Morgan fingerprint density at radius 2 is 0.724 bits per heavy atom. The van der Waals surface area contributed by atoms with Gasteiger partial charge in [-0.05, 0) is 35.4 Å². The smallest absolute Gasteiger partial charge is 0.134 e. The van der Waals surface area contributed by atoms with Crippen molar-refractivity contribution >= 4 is 23.5 Å². The van der Waals surface area contributed by atoms with Gasteiger partial charge in [0, 0.05) is 9.79 Å². The van der Waals surface area contributed by atoms with Crippen molar-refractivity contribution < 1.29 is 4.74 Å². The Hall–Kier alpha value is -2.46. The second-order valence-electron chi connectivity index (χ2n) is 6.48. The van der Waals surface area contributed by atoms with Crippen molar-refractivity contribution in [2.45, 2.75) is 20.7 Å². The van der Waals surface area contributed by atoms with E-state index in [-0.39, 0.29) is 10.9 Å². The van der Waals surface area contributed by atoms with Gasteiger partial charge in [0.15, 0.2) is 0 Å². The molecule has 4 aromatic rings. The number of hydrogen-bond donors (Lipinski definition) is 0. The van der Waals surface area contributed by atoms with E-state index >= 15 is 0 Å². The molecular weight excluding hydrogens is 392 g/mol. The van der Waals surface area contributed by atoms with E-state index in [0.717, 1.165) is 11.1 Å². The van der Waals surface area contributed by atoms with E-state index in [2.05, 4.69) is 97.1 Å². The van der Waals surface area contributed by atoms with Crippen LogP contribution in [0.15, 0.2) is 131 Å². The number of rotatable bonds is 8. The molecule has 29 heavy (non-hydrogen) atoms. The molecule has 3 heteroatoms. The summed E-state index contributed by atoms with van der Waals surface area (Å²) in [6.45, 7) is 0. The summed E-state index contributed by atoms with van der Waals surface area (Å²) < 4.78 is 6.76. The second-order valence-corrected chi connectivity index (χ2v) is 8.75. The van der Waals surface area contributed by atoms with Crippen molar-refractivity contribution in [3.05, 3.63) is 132 Å². The Balaban J connectivity index is 1.64. The van der Waals surface area contributed by atoms with E-state index in [1.165, 1.54) is 9.79 Å². The highest BCUT2D eigenvalue weighted by atomic mass is 32.2. The largest absolute Gasteiger partial charge is 0.343 e. The molecule has 0 saturated heterocycles. The molecule has 0 fully saturated rings. The standard InChI is InChI=1S/C26H22OS2/c1-5-13-21(14-6-1)25(28-23-17-9-3-10-18-23)27-26(22-15-7-2-8-16-22)29-24-19-11-4-12-20-24/h1-20,25-26H. The van der Waals surface area contributed by atoms with Crippen molar-refractivity contribution in [1.82, 2.24) is 0 Å². The summed E-state index contributed by atoms with van der Waals surface area (Å²) in [5.74, 6) is 0. The Kier molecular flexibility index (Phi) is 7.08. The fourth-order valence-electron chi connectivity index (χ4n) is 2.93. The summed E-state index contributed by atoms with van der Waals surface area (Å²) in [5, 5.41) is 0. The lowest BCUT2D eigenvalue weighted by atomic mass is 10.2. The SMILES string of the molecule is c1ccc(SC(OC(Sc2ccccc2)c2ccccc2)c2ccccc2)cc1. The zero-order chi connectivity index (χ0) is 19.7. The first-order valence-corrected chi connectivity index (χ1v) is 11.3. The lowest BCUT2D eigenvalue weighted by Crippen LogP contribution is -2.06. The highest BCUT2D eigenvalue weighted by molar-refractivity contribution is 8.00. The molecule has 0 saturated carbocycles. The molecule has 0 aliphatic heterocycles. The topological polar surface area (TPSA) is 9.23 Å². The summed E-state index contributed by atoms with van der Waals surface area (Å²) in [6, 6.07) is 41.8. The Labute approximate surface area is 181 Å². The van der Waals surface area contributed by atoms with Gasteiger partial charge in [-0.2, -0.15) is 0 Å². The maximum atomic E-state index is 6.76. The minimum atomic E-state index is -0.111. The molecule has 2 atom stereocenters. The van der Waals surface area contributed by atoms with Gasteiger partial charge in [0.2, 0.25) is 0 Å². The van der Waals surface area contributed by atoms with Crippen LogP contribution in [0, 0.1) is 0 Å². The molecule has 0 heterocycles. The van der Waals surface area contributed by atoms with Gasteiger partial charge in [-0.25, -0.2) is 0 Å². The van der Waals surface area contributed by atoms with Gasteiger partial charge in [0.1, 0.15) is 10.9 Å². The van der Waals surface area contributed by atoms with Crippen LogP contribution in [0.5, 0.6) is 0 Å². The average molecular weight is 415 g/mol. The fourth-order valence-corrected chi connectivity index (χ4v) is 5.04. The molecule has 0 N–H and O–H groups in total. The molecule has 0 bridgehead atoms. The Morgan fingerprint density at radius 3 is 1.07 bits per heavy atom. The van der Waals surface area contributed by atoms with Crippen LogP contribution in [0.2, 0.25) is 0 Å². The van der Waals surface area contributed by atoms with E-state index in [1.54, 1.807) is 23.5 Å². The molecule has 0 radical (unpaired) electrons. The molecule has 4 aromatic carbocycles. The van der Waals surface area contributed by atoms with Crippen molar-refractivity contribution in [3.63, 3.8) is 0 Å². The van der Waals surface area contributed by atoms with Crippen LogP contribution in [0.1, 0.15) is 22.0 Å². The predicted octanol–water partition coefficient (Wildman–Crippen LogP) is 7.99. The summed E-state index contributed by atoms with van der Waals surface area (Å²) in [5.41, 5.74) is 2.10. The van der Waals surface area contributed by atoms with E-state index in [1.807, 2.05) is 24.3 Å². The van der Waals surface area contributed by atoms with Gasteiger partial charge >= 0.3 is 0 Å². The minimum Gasteiger partial charge on any atom is -0.343 e. The van der Waals surface area contributed by atoms with Crippen LogP contribution in [-0.4, -0.2) is 0 Å². The van der Waals surface area contributed by atoms with Crippen LogP contribution < -0.4 is 0 Å². The minimum absolute atomic E-state index is 0.111. The predicted molar refractivity (Wildman–Crippen MR) is 124 cm³/mol. The van der Waals surface area contributed by atoms with Crippen molar-refractivity contribution in [1.29, 1.82) is 0 Å². The molecular formula is C26H22OS2. The maximum absolute atomic E-state index is 6.76. The molecule has 2 unspecified atom stereocenters. The van der Waals surface area contributed by atoms with Crippen LogP contribution in [0.3, 0.4) is 0 Å². The van der Waals surface area contributed by atoms with Crippen molar-refractivity contribution in [2.75, 3.05) is 0 Å². The first kappa shape index (κ1) is 19.8. The summed E-state index contributed by atoms with van der Waals surface area (Å²) in [4.78, 5) is 2.38. The van der Waals surface area contributed by atoms with E-state index in [4.69, 9.17) is 4.74 Å². The number of hydrogen-bond acceptors (Lipinski definition) is 3. The highest BCUT2D eigenvalue weighted by Crippen LogP contribution is 2.45. The third-order valence-corrected chi connectivity index (χ3v) is 6.65. The number of ether oxygens (including phenoxy) is 1. The van der Waals surface area contributed by atoms with Gasteiger partial charge < -0.3 is 4.74 Å². The monoisotopic (exact) mass is 414 g/mol. The van der Waals surface area contributed by atoms with Gasteiger partial charge in [-0.3, -0.25) is 0 Å². The van der Waals surface area contributed by atoms with E-state index in [9.17, 15) is 0 Å². The third kappa shape index (κ3) is 5.77. The van der Waals surface area contributed by atoms with Gasteiger partial charge in [-0.15, -0.1) is 0 Å². The molecule has 0 spiro atoms.